The van der Waals surface area contributed by atoms with Gasteiger partial charge in [-0.1, -0.05) is 76.5 Å². The molecule has 0 radical (unpaired) electrons. The van der Waals surface area contributed by atoms with Gasteiger partial charge in [-0.2, -0.15) is 8.78 Å². The number of ether oxygens (including phenoxy) is 2. The number of hydrogen-bond donors (Lipinski definition) is 2. The predicted octanol–water partition coefficient (Wildman–Crippen LogP) is 7.61. The third-order valence-electron chi connectivity index (χ3n) is 6.55. The summed E-state index contributed by atoms with van der Waals surface area (Å²) in [5, 5.41) is 5.56. The molecule has 1 unspecified atom stereocenters. The molecule has 0 saturated carbocycles. The molecule has 0 spiro atoms. The Labute approximate surface area is 251 Å². The molecule has 0 aliphatic carbocycles. The maximum atomic E-state index is 14.1. The highest BCUT2D eigenvalue weighted by Gasteiger charge is 2.27. The number of carbonyl (C=O) groups excluding carboxylic acids is 2. The topological polar surface area (TPSA) is 76.7 Å². The fourth-order valence-electron chi connectivity index (χ4n) is 4.24. The molecule has 9 heteroatoms. The van der Waals surface area contributed by atoms with Crippen molar-refractivity contribution in [2.24, 2.45) is 0 Å². The van der Waals surface area contributed by atoms with Crippen LogP contribution in [0.2, 0.25) is 0 Å². The summed E-state index contributed by atoms with van der Waals surface area (Å²) in [6.07, 6.45) is 0. The van der Waals surface area contributed by atoms with Gasteiger partial charge in [-0.05, 0) is 55.0 Å². The zero-order chi connectivity index (χ0) is 31.0. The molecule has 1 atom stereocenters. The maximum absolute atomic E-state index is 14.1. The van der Waals surface area contributed by atoms with Crippen LogP contribution in [0.1, 0.15) is 39.5 Å². The number of methoxy groups -OCH3 is 1. The average Bonchev–Trinajstić information content (AvgIpc) is 3.02. The lowest BCUT2D eigenvalue weighted by atomic mass is 10.1. The van der Waals surface area contributed by atoms with Crippen molar-refractivity contribution in [3.63, 3.8) is 0 Å². The standard InChI is InChI=1S/C34H31F2N2O4P/c1-22(32(39)37-21-27-12-7-8-15-30(27)34(35,36)43)31(42-23(2)24-10-5-4-6-11-24)25-16-18-28(19-17-25)38-33(40)26-13-9-14-29(20-26)41-3/h4-20H,2,21,43H2,1,3H3,(H,37,39)(H,38,40)/b31-22+. The van der Waals surface area contributed by atoms with Crippen LogP contribution in [0.5, 0.6) is 5.75 Å². The minimum atomic E-state index is -3.14. The van der Waals surface area contributed by atoms with Gasteiger partial charge in [-0.3, -0.25) is 9.59 Å². The predicted molar refractivity (Wildman–Crippen MR) is 168 cm³/mol. The van der Waals surface area contributed by atoms with Gasteiger partial charge in [0.1, 0.15) is 17.3 Å². The van der Waals surface area contributed by atoms with Gasteiger partial charge >= 0.3 is 0 Å². The first-order valence-electron chi connectivity index (χ1n) is 13.3. The van der Waals surface area contributed by atoms with Gasteiger partial charge in [-0.25, -0.2) is 0 Å². The Morgan fingerprint density at radius 3 is 2.19 bits per heavy atom. The molecule has 0 aliphatic rings. The Kier molecular flexibility index (Phi) is 10.1. The summed E-state index contributed by atoms with van der Waals surface area (Å²) in [6, 6.07) is 28.8. The second kappa shape index (κ2) is 13.9. The van der Waals surface area contributed by atoms with Crippen LogP contribution in [-0.2, 0) is 21.7 Å². The lowest BCUT2D eigenvalue weighted by molar-refractivity contribution is -0.117. The second-order valence-corrected chi connectivity index (χ2v) is 10.3. The van der Waals surface area contributed by atoms with Gasteiger partial charge in [0, 0.05) is 34.5 Å². The summed E-state index contributed by atoms with van der Waals surface area (Å²) in [4.78, 5) is 26.1. The quantitative estimate of drug-likeness (QED) is 0.106. The van der Waals surface area contributed by atoms with E-state index in [9.17, 15) is 18.4 Å². The van der Waals surface area contributed by atoms with Crippen LogP contribution < -0.4 is 15.4 Å². The number of amides is 2. The highest BCUT2D eigenvalue weighted by molar-refractivity contribution is 7.17. The summed E-state index contributed by atoms with van der Waals surface area (Å²) in [6.45, 7) is 5.50. The van der Waals surface area contributed by atoms with Crippen molar-refractivity contribution in [1.29, 1.82) is 0 Å². The molecule has 0 saturated heterocycles. The fraction of sp³-hybridized carbons (Fsp3) is 0.118. The second-order valence-electron chi connectivity index (χ2n) is 9.57. The highest BCUT2D eigenvalue weighted by Crippen LogP contribution is 2.37. The van der Waals surface area contributed by atoms with Crippen LogP contribution >= 0.6 is 9.24 Å². The number of hydrogen-bond acceptors (Lipinski definition) is 4. The van der Waals surface area contributed by atoms with Crippen molar-refractivity contribution < 1.29 is 27.8 Å². The number of benzene rings is 4. The Morgan fingerprint density at radius 1 is 0.860 bits per heavy atom. The van der Waals surface area contributed by atoms with E-state index in [0.29, 0.717) is 33.9 Å². The smallest absolute Gasteiger partial charge is 0.284 e. The summed E-state index contributed by atoms with van der Waals surface area (Å²) in [5.74, 6) is 0.275. The fourth-order valence-corrected chi connectivity index (χ4v) is 4.52. The van der Waals surface area contributed by atoms with E-state index in [2.05, 4.69) is 17.2 Å². The molecule has 0 heterocycles. The van der Waals surface area contributed by atoms with Crippen LogP contribution in [0.4, 0.5) is 14.5 Å². The molecule has 6 nitrogen and oxygen atoms in total. The van der Waals surface area contributed by atoms with Crippen molar-refractivity contribution >= 4 is 38.3 Å². The molecule has 0 bridgehead atoms. The molecule has 0 fully saturated rings. The van der Waals surface area contributed by atoms with Crippen molar-refractivity contribution in [3.8, 4) is 5.75 Å². The van der Waals surface area contributed by atoms with Crippen LogP contribution in [-0.4, -0.2) is 18.9 Å². The number of carbonyl (C=O) groups is 2. The first-order chi connectivity index (χ1) is 20.6. The van der Waals surface area contributed by atoms with E-state index < -0.39 is 11.6 Å². The minimum Gasteiger partial charge on any atom is -0.497 e. The Hall–Kier alpha value is -4.81. The molecule has 0 aliphatic heterocycles. The largest absolute Gasteiger partial charge is 0.497 e. The van der Waals surface area contributed by atoms with Crippen molar-refractivity contribution in [2.45, 2.75) is 19.1 Å². The number of rotatable bonds is 11. The van der Waals surface area contributed by atoms with Gasteiger partial charge in [-0.15, -0.1) is 0 Å². The monoisotopic (exact) mass is 600 g/mol. The van der Waals surface area contributed by atoms with Gasteiger partial charge in [0.15, 0.2) is 0 Å². The average molecular weight is 601 g/mol. The van der Waals surface area contributed by atoms with Crippen LogP contribution in [0.3, 0.4) is 0 Å². The Balaban J connectivity index is 1.59. The van der Waals surface area contributed by atoms with Gasteiger partial charge in [0.25, 0.3) is 17.5 Å². The zero-order valence-corrected chi connectivity index (χ0v) is 24.9. The summed E-state index contributed by atoms with van der Waals surface area (Å²) >= 11 is 0. The molecule has 4 rings (SSSR count). The van der Waals surface area contributed by atoms with E-state index >= 15 is 0 Å². The van der Waals surface area contributed by atoms with Crippen LogP contribution in [0.25, 0.3) is 11.5 Å². The molecule has 0 aromatic heterocycles. The molecule has 2 N–H and O–H groups in total. The Morgan fingerprint density at radius 2 is 1.51 bits per heavy atom. The van der Waals surface area contributed by atoms with E-state index in [1.807, 2.05) is 30.3 Å². The van der Waals surface area contributed by atoms with E-state index in [-0.39, 0.29) is 34.9 Å². The number of alkyl halides is 2. The molecule has 4 aromatic carbocycles. The number of nitrogens with one attached hydrogen (secondary N) is 2. The maximum Gasteiger partial charge on any atom is 0.284 e. The van der Waals surface area contributed by atoms with E-state index in [1.165, 1.54) is 28.5 Å². The third-order valence-corrected chi connectivity index (χ3v) is 6.87. The van der Waals surface area contributed by atoms with Gasteiger partial charge in [0.05, 0.1) is 12.7 Å². The SMILES string of the molecule is C=C(O/C(=C(\C)C(=O)NCc1ccccc1C(F)(F)P)c1ccc(NC(=O)c2cccc(OC)c2)cc1)c1ccccc1. The van der Waals surface area contributed by atoms with Crippen LogP contribution in [0.15, 0.2) is 115 Å². The molecule has 4 aromatic rings. The van der Waals surface area contributed by atoms with Crippen LogP contribution in [0, 0.1) is 0 Å². The summed E-state index contributed by atoms with van der Waals surface area (Å²) < 4.78 is 39.5. The van der Waals surface area contributed by atoms with Crippen molar-refractivity contribution in [3.05, 3.63) is 143 Å². The zero-order valence-electron chi connectivity index (χ0n) is 23.7. The summed E-state index contributed by atoms with van der Waals surface area (Å²) in [5.41, 5.74) is -0.626. The first-order valence-corrected chi connectivity index (χ1v) is 13.9. The lowest BCUT2D eigenvalue weighted by Gasteiger charge is -2.18. The number of halogens is 2. The minimum absolute atomic E-state index is 0.113. The molecule has 43 heavy (non-hydrogen) atoms. The first kappa shape index (κ1) is 31.1. The van der Waals surface area contributed by atoms with E-state index in [1.54, 1.807) is 67.6 Å². The Bertz CT molecular complexity index is 1650. The van der Waals surface area contributed by atoms with Gasteiger partial charge < -0.3 is 20.1 Å². The normalized spacial score (nSPS) is 11.7. The highest BCUT2D eigenvalue weighted by atomic mass is 31.0. The molecular formula is C34H31F2N2O4P. The van der Waals surface area contributed by atoms with E-state index in [4.69, 9.17) is 9.47 Å². The third kappa shape index (κ3) is 8.15. The summed E-state index contributed by atoms with van der Waals surface area (Å²) in [7, 11) is 3.05. The van der Waals surface area contributed by atoms with Crippen molar-refractivity contribution in [2.75, 3.05) is 12.4 Å². The lowest BCUT2D eigenvalue weighted by Crippen LogP contribution is -2.26. The van der Waals surface area contributed by atoms with E-state index in [0.717, 1.165) is 0 Å². The number of anilines is 1. The molecule has 220 valence electrons. The molecule has 2 amide bonds. The van der Waals surface area contributed by atoms with Gasteiger partial charge in [0.2, 0.25) is 0 Å². The molecular weight excluding hydrogens is 569 g/mol. The van der Waals surface area contributed by atoms with Crippen molar-refractivity contribution in [1.82, 2.24) is 5.32 Å².